The summed E-state index contributed by atoms with van der Waals surface area (Å²) in [5.74, 6) is -0.333. The predicted molar refractivity (Wildman–Crippen MR) is 121 cm³/mol. The second-order valence-corrected chi connectivity index (χ2v) is 11.7. The van der Waals surface area contributed by atoms with Gasteiger partial charge in [-0.15, -0.1) is 0 Å². The summed E-state index contributed by atoms with van der Waals surface area (Å²) in [7, 11) is 0. The molecule has 2 saturated carbocycles. The first-order chi connectivity index (χ1) is 15.3. The summed E-state index contributed by atoms with van der Waals surface area (Å²) in [5.41, 5.74) is 0.752. The minimum atomic E-state index is -1.06. The number of amides is 1. The van der Waals surface area contributed by atoms with Gasteiger partial charge in [-0.25, -0.2) is 4.79 Å². The number of ether oxygens (including phenoxy) is 1. The van der Waals surface area contributed by atoms with E-state index in [0.29, 0.717) is 29.7 Å². The molecule has 3 N–H and O–H groups in total. The lowest BCUT2D eigenvalue weighted by Gasteiger charge is -2.64. The molecular formula is C26H35NO6. The zero-order chi connectivity index (χ0) is 24.1. The van der Waals surface area contributed by atoms with Gasteiger partial charge >= 0.3 is 5.97 Å². The van der Waals surface area contributed by atoms with Gasteiger partial charge in [0.05, 0.1) is 18.2 Å². The highest BCUT2D eigenvalue weighted by Gasteiger charge is 2.67. The summed E-state index contributed by atoms with van der Waals surface area (Å²) < 4.78 is 6.94. The van der Waals surface area contributed by atoms with E-state index in [2.05, 4.69) is 27.7 Å². The summed E-state index contributed by atoms with van der Waals surface area (Å²) in [6.07, 6.45) is 3.74. The lowest BCUT2D eigenvalue weighted by molar-refractivity contribution is -0.210. The van der Waals surface area contributed by atoms with Crippen molar-refractivity contribution < 1.29 is 29.6 Å². The Labute approximate surface area is 194 Å². The van der Waals surface area contributed by atoms with Crippen molar-refractivity contribution in [2.75, 3.05) is 0 Å². The van der Waals surface area contributed by atoms with Gasteiger partial charge in [0.25, 0.3) is 5.91 Å². The quantitative estimate of drug-likeness (QED) is 0.625. The smallest absolute Gasteiger partial charge is 0.326 e. The number of aliphatic carboxylic acids is 1. The van der Waals surface area contributed by atoms with Crippen LogP contribution in [-0.2, 0) is 17.8 Å². The monoisotopic (exact) mass is 457 g/mol. The Morgan fingerprint density at radius 3 is 2.58 bits per heavy atom. The second-order valence-electron chi connectivity index (χ2n) is 11.7. The van der Waals surface area contributed by atoms with Crippen molar-refractivity contribution in [1.29, 1.82) is 0 Å². The summed E-state index contributed by atoms with van der Waals surface area (Å²) in [6, 6.07) is 0.532. The van der Waals surface area contributed by atoms with Crippen molar-refractivity contribution in [3.05, 3.63) is 22.8 Å². The normalized spacial score (nSPS) is 37.3. The van der Waals surface area contributed by atoms with Crippen LogP contribution < -0.4 is 4.74 Å². The molecule has 0 aromatic heterocycles. The van der Waals surface area contributed by atoms with Crippen molar-refractivity contribution in [1.82, 2.24) is 4.90 Å². The maximum atomic E-state index is 13.0. The summed E-state index contributed by atoms with van der Waals surface area (Å²) in [6.45, 7) is 10.5. The fourth-order valence-electron chi connectivity index (χ4n) is 7.74. The largest absolute Gasteiger partial charge is 0.508 e. The average molecular weight is 458 g/mol. The fourth-order valence-corrected chi connectivity index (χ4v) is 7.74. The molecule has 2 fully saturated rings. The van der Waals surface area contributed by atoms with Crippen LogP contribution in [0.4, 0.5) is 0 Å². The molecule has 1 spiro atoms. The minimum Gasteiger partial charge on any atom is -0.508 e. The molecule has 180 valence electrons. The zero-order valence-corrected chi connectivity index (χ0v) is 20.1. The van der Waals surface area contributed by atoms with Crippen LogP contribution in [-0.4, -0.2) is 49.8 Å². The molecule has 2 aliphatic carbocycles. The number of phenols is 1. The SMILES string of the molecule is C[C@@H](C(=O)O)N1Cc2c(cc(O)c3c2O[C@@]2(C3)[C@@H](C)CC[C@@H]3C(C)(C)[C@H](O)CC[C@@]32C)C1=O. The molecule has 1 aromatic carbocycles. The third kappa shape index (κ3) is 2.71. The number of hydrogen-bond donors (Lipinski definition) is 3. The van der Waals surface area contributed by atoms with E-state index in [1.807, 2.05) is 0 Å². The van der Waals surface area contributed by atoms with Crippen LogP contribution in [0.2, 0.25) is 0 Å². The van der Waals surface area contributed by atoms with Gasteiger partial charge in [-0.2, -0.15) is 0 Å². The molecule has 2 aliphatic heterocycles. The number of phenolic OH excluding ortho intramolecular Hbond substituents is 1. The van der Waals surface area contributed by atoms with E-state index >= 15 is 0 Å². The first-order valence-corrected chi connectivity index (χ1v) is 12.1. The van der Waals surface area contributed by atoms with Crippen LogP contribution in [0.15, 0.2) is 6.07 Å². The predicted octanol–water partition coefficient (Wildman–Crippen LogP) is 3.73. The highest BCUT2D eigenvalue weighted by atomic mass is 16.5. The average Bonchev–Trinajstić information content (AvgIpc) is 3.30. The van der Waals surface area contributed by atoms with E-state index in [-0.39, 0.29) is 47.0 Å². The Balaban J connectivity index is 1.60. The molecule has 2 heterocycles. The van der Waals surface area contributed by atoms with E-state index in [4.69, 9.17) is 4.74 Å². The Kier molecular flexibility index (Phi) is 4.69. The molecule has 0 radical (unpaired) electrons. The summed E-state index contributed by atoms with van der Waals surface area (Å²) in [5, 5.41) is 31.2. The van der Waals surface area contributed by atoms with Crippen LogP contribution in [0.3, 0.4) is 0 Å². The zero-order valence-electron chi connectivity index (χ0n) is 20.1. The van der Waals surface area contributed by atoms with E-state index in [1.54, 1.807) is 0 Å². The fraction of sp³-hybridized carbons (Fsp3) is 0.692. The van der Waals surface area contributed by atoms with E-state index in [9.17, 15) is 24.9 Å². The molecule has 0 unspecified atom stereocenters. The number of aromatic hydroxyl groups is 1. The van der Waals surface area contributed by atoms with Gasteiger partial charge in [0.15, 0.2) is 0 Å². The Morgan fingerprint density at radius 2 is 1.91 bits per heavy atom. The maximum absolute atomic E-state index is 13.0. The Bertz CT molecular complexity index is 1050. The van der Waals surface area contributed by atoms with Crippen LogP contribution in [0.25, 0.3) is 0 Å². The number of fused-ring (bicyclic) bond motifs is 5. The first kappa shape index (κ1) is 22.5. The summed E-state index contributed by atoms with van der Waals surface area (Å²) in [4.78, 5) is 25.9. The molecule has 7 heteroatoms. The Morgan fingerprint density at radius 1 is 1.21 bits per heavy atom. The van der Waals surface area contributed by atoms with Crippen molar-refractivity contribution >= 4 is 11.9 Å². The molecule has 0 bridgehead atoms. The first-order valence-electron chi connectivity index (χ1n) is 12.1. The lowest BCUT2D eigenvalue weighted by Crippen LogP contribution is -2.66. The molecule has 6 atom stereocenters. The van der Waals surface area contributed by atoms with Gasteiger partial charge in [-0.05, 0) is 55.9 Å². The molecule has 33 heavy (non-hydrogen) atoms. The Hall–Kier alpha value is -2.28. The molecular weight excluding hydrogens is 422 g/mol. The van der Waals surface area contributed by atoms with Crippen LogP contribution >= 0.6 is 0 Å². The number of carboxylic acid groups (broad SMARTS) is 1. The number of carbonyl (C=O) groups excluding carboxylic acids is 1. The van der Waals surface area contributed by atoms with Crippen molar-refractivity contribution in [3.8, 4) is 11.5 Å². The molecule has 1 amide bonds. The van der Waals surface area contributed by atoms with Crippen molar-refractivity contribution in [2.45, 2.75) is 91.0 Å². The molecule has 4 aliphatic rings. The van der Waals surface area contributed by atoms with Gasteiger partial charge in [0.1, 0.15) is 23.1 Å². The van der Waals surface area contributed by atoms with Crippen LogP contribution in [0, 0.1) is 22.7 Å². The number of nitrogens with zero attached hydrogens (tertiary/aromatic N) is 1. The number of benzene rings is 1. The number of rotatable bonds is 2. The highest BCUT2D eigenvalue weighted by molar-refractivity contribution is 6.02. The van der Waals surface area contributed by atoms with Gasteiger partial charge < -0.3 is 25.0 Å². The molecule has 1 aromatic rings. The second kappa shape index (κ2) is 6.87. The van der Waals surface area contributed by atoms with Gasteiger partial charge in [-0.3, -0.25) is 4.79 Å². The maximum Gasteiger partial charge on any atom is 0.326 e. The topological polar surface area (TPSA) is 107 Å². The standard InChI is InChI=1S/C26H35NO6/c1-13-6-7-19-24(3,4)20(29)8-9-25(19,5)26(13)11-16-18(28)10-15-17(21(16)33-26)12-27(22(15)30)14(2)23(31)32/h10,13-14,19-20,28-29H,6-9,11-12H2,1-5H3,(H,31,32)/t13-,14-,19+,20+,25-,26-/m0/s1. The van der Waals surface area contributed by atoms with E-state index < -0.39 is 17.6 Å². The van der Waals surface area contributed by atoms with Crippen LogP contribution in [0.1, 0.15) is 81.8 Å². The number of carbonyl (C=O) groups is 2. The molecule has 7 nitrogen and oxygen atoms in total. The highest BCUT2D eigenvalue weighted by Crippen LogP contribution is 2.67. The number of aliphatic hydroxyl groups is 1. The lowest BCUT2D eigenvalue weighted by atomic mass is 9.43. The van der Waals surface area contributed by atoms with E-state index in [0.717, 1.165) is 24.8 Å². The number of aliphatic hydroxyl groups excluding tert-OH is 1. The number of hydrogen-bond acceptors (Lipinski definition) is 5. The third-order valence-electron chi connectivity index (χ3n) is 9.95. The van der Waals surface area contributed by atoms with Crippen molar-refractivity contribution in [2.24, 2.45) is 22.7 Å². The van der Waals surface area contributed by atoms with Gasteiger partial charge in [0, 0.05) is 23.0 Å². The summed E-state index contributed by atoms with van der Waals surface area (Å²) >= 11 is 0. The molecule has 5 rings (SSSR count). The number of carboxylic acids is 1. The van der Waals surface area contributed by atoms with Crippen LogP contribution in [0.5, 0.6) is 11.5 Å². The molecule has 0 saturated heterocycles. The third-order valence-corrected chi connectivity index (χ3v) is 9.95. The minimum absolute atomic E-state index is 0.0480. The van der Waals surface area contributed by atoms with Gasteiger partial charge in [-0.1, -0.05) is 27.7 Å². The van der Waals surface area contributed by atoms with Gasteiger partial charge in [0.2, 0.25) is 0 Å². The van der Waals surface area contributed by atoms with E-state index in [1.165, 1.54) is 17.9 Å². The van der Waals surface area contributed by atoms with Crippen molar-refractivity contribution in [3.63, 3.8) is 0 Å².